The van der Waals surface area contributed by atoms with Gasteiger partial charge in [-0.15, -0.1) is 11.3 Å². The van der Waals surface area contributed by atoms with E-state index in [2.05, 4.69) is 19.9 Å². The lowest BCUT2D eigenvalue weighted by Gasteiger charge is -2.16. The van der Waals surface area contributed by atoms with Gasteiger partial charge in [-0.2, -0.15) is 0 Å². The predicted molar refractivity (Wildman–Crippen MR) is 114 cm³/mol. The zero-order valence-corrected chi connectivity index (χ0v) is 17.4. The molecule has 3 aromatic rings. The van der Waals surface area contributed by atoms with Crippen molar-refractivity contribution >= 4 is 38.1 Å². The third-order valence-corrected chi connectivity index (χ3v) is 6.96. The van der Waals surface area contributed by atoms with Crippen molar-refractivity contribution in [1.29, 1.82) is 0 Å². The van der Waals surface area contributed by atoms with Crippen molar-refractivity contribution in [3.05, 3.63) is 71.5 Å². The van der Waals surface area contributed by atoms with Gasteiger partial charge in [-0.1, -0.05) is 18.2 Å². The summed E-state index contributed by atoms with van der Waals surface area (Å²) in [7, 11) is -4.11. The molecule has 4 rings (SSSR count). The van der Waals surface area contributed by atoms with E-state index in [9.17, 15) is 17.6 Å². The van der Waals surface area contributed by atoms with E-state index in [1.165, 1.54) is 30.3 Å². The molecule has 10 heteroatoms. The molecule has 156 valence electrons. The molecule has 0 unspecified atom stereocenters. The summed E-state index contributed by atoms with van der Waals surface area (Å²) in [5.74, 6) is -1.14. The number of benzene rings is 2. The van der Waals surface area contributed by atoms with Gasteiger partial charge in [0, 0.05) is 42.0 Å². The number of amides is 1. The van der Waals surface area contributed by atoms with Crippen LogP contribution in [0.2, 0.25) is 0 Å². The second kappa shape index (κ2) is 8.41. The lowest BCUT2D eigenvalue weighted by molar-refractivity contribution is 0.0940. The first-order valence-electron chi connectivity index (χ1n) is 9.25. The number of anilines is 2. The Morgan fingerprint density at radius 2 is 2.03 bits per heavy atom. The van der Waals surface area contributed by atoms with E-state index < -0.39 is 20.7 Å². The largest absolute Gasteiger partial charge is 0.347 e. The number of carbonyl (C=O) groups excluding carboxylic acids is 1. The first-order valence-corrected chi connectivity index (χ1v) is 11.6. The van der Waals surface area contributed by atoms with Gasteiger partial charge in [0.2, 0.25) is 0 Å². The first kappa shape index (κ1) is 20.3. The molecule has 1 aliphatic heterocycles. The average molecular weight is 447 g/mol. The van der Waals surface area contributed by atoms with Crippen LogP contribution < -0.4 is 14.9 Å². The van der Waals surface area contributed by atoms with Crippen molar-refractivity contribution in [2.45, 2.75) is 17.4 Å². The van der Waals surface area contributed by atoms with Crippen molar-refractivity contribution in [2.75, 3.05) is 22.7 Å². The fraction of sp³-hybridized carbons (Fsp3) is 0.200. The van der Waals surface area contributed by atoms with Crippen LogP contribution in [0, 0.1) is 5.82 Å². The minimum absolute atomic E-state index is 0.0276. The molecule has 7 nitrogen and oxygen atoms in total. The lowest BCUT2D eigenvalue weighted by Crippen LogP contribution is -2.37. The topological polar surface area (TPSA) is 91.4 Å². The Bertz CT molecular complexity index is 1150. The number of hydrogen-bond donors (Lipinski definition) is 2. The van der Waals surface area contributed by atoms with Crippen LogP contribution in [0.5, 0.6) is 0 Å². The Morgan fingerprint density at radius 1 is 1.20 bits per heavy atom. The number of rotatable bonds is 6. The Balaban J connectivity index is 1.43. The molecule has 0 bridgehead atoms. The standard InChI is InChI=1S/C20H19FN4O3S2/c21-17-6-1-2-7-18(17)30(27,28)24-15-5-3-4-14(12-15)19(26)23-16-8-10-25(13-16)20-22-9-11-29-20/h1-7,9,11-12,16,24H,8,10,13H2,(H,23,26)/t16-/m1/s1. The Labute approximate surface area is 177 Å². The monoisotopic (exact) mass is 446 g/mol. The molecular weight excluding hydrogens is 427 g/mol. The van der Waals surface area contributed by atoms with E-state index in [1.807, 2.05) is 5.38 Å². The maximum Gasteiger partial charge on any atom is 0.264 e. The van der Waals surface area contributed by atoms with Gasteiger partial charge in [0.05, 0.1) is 0 Å². The van der Waals surface area contributed by atoms with Crippen LogP contribution in [0.15, 0.2) is 65.0 Å². The number of nitrogens with zero attached hydrogens (tertiary/aromatic N) is 2. The summed E-state index contributed by atoms with van der Waals surface area (Å²) >= 11 is 1.55. The molecule has 0 radical (unpaired) electrons. The van der Waals surface area contributed by atoms with Gasteiger partial charge in [-0.25, -0.2) is 17.8 Å². The quantitative estimate of drug-likeness (QED) is 0.607. The van der Waals surface area contributed by atoms with Crippen LogP contribution in [0.4, 0.5) is 15.2 Å². The molecule has 2 aromatic carbocycles. The summed E-state index contributed by atoms with van der Waals surface area (Å²) in [4.78, 5) is 18.6. The summed E-state index contributed by atoms with van der Waals surface area (Å²) < 4.78 is 41.1. The number of hydrogen-bond acceptors (Lipinski definition) is 6. The number of nitrogens with one attached hydrogen (secondary N) is 2. The molecular formula is C20H19FN4O3S2. The lowest BCUT2D eigenvalue weighted by atomic mass is 10.1. The highest BCUT2D eigenvalue weighted by atomic mass is 32.2. The number of aromatic nitrogens is 1. The molecule has 1 aliphatic rings. The van der Waals surface area contributed by atoms with E-state index in [4.69, 9.17) is 0 Å². The minimum Gasteiger partial charge on any atom is -0.347 e. The smallest absolute Gasteiger partial charge is 0.264 e. The number of sulfonamides is 1. The Kier molecular flexibility index (Phi) is 5.69. The normalized spacial score (nSPS) is 16.4. The van der Waals surface area contributed by atoms with Crippen LogP contribution >= 0.6 is 11.3 Å². The Hall–Kier alpha value is -2.98. The van der Waals surface area contributed by atoms with Crippen LogP contribution in [-0.2, 0) is 10.0 Å². The second-order valence-electron chi connectivity index (χ2n) is 6.84. The van der Waals surface area contributed by atoms with Crippen molar-refractivity contribution in [3.8, 4) is 0 Å². The van der Waals surface area contributed by atoms with Gasteiger partial charge >= 0.3 is 0 Å². The van der Waals surface area contributed by atoms with E-state index in [-0.39, 0.29) is 17.6 Å². The highest BCUT2D eigenvalue weighted by Gasteiger charge is 2.26. The van der Waals surface area contributed by atoms with E-state index >= 15 is 0 Å². The van der Waals surface area contributed by atoms with Crippen molar-refractivity contribution in [1.82, 2.24) is 10.3 Å². The van der Waals surface area contributed by atoms with Gasteiger partial charge in [0.15, 0.2) is 5.13 Å². The highest BCUT2D eigenvalue weighted by molar-refractivity contribution is 7.92. The zero-order valence-electron chi connectivity index (χ0n) is 15.8. The van der Waals surface area contributed by atoms with Crippen molar-refractivity contribution in [3.63, 3.8) is 0 Å². The molecule has 0 aliphatic carbocycles. The summed E-state index contributed by atoms with van der Waals surface area (Å²) in [5.41, 5.74) is 0.498. The molecule has 2 N–H and O–H groups in total. The molecule has 0 spiro atoms. The molecule has 1 saturated heterocycles. The first-order chi connectivity index (χ1) is 14.4. The maximum absolute atomic E-state index is 13.9. The molecule has 1 atom stereocenters. The highest BCUT2D eigenvalue weighted by Crippen LogP contribution is 2.23. The fourth-order valence-corrected chi connectivity index (χ4v) is 5.10. The maximum atomic E-state index is 13.9. The number of carbonyl (C=O) groups is 1. The van der Waals surface area contributed by atoms with Crippen LogP contribution in [0.1, 0.15) is 16.8 Å². The molecule has 1 aromatic heterocycles. The molecule has 1 amide bonds. The molecule has 0 saturated carbocycles. The third kappa shape index (κ3) is 4.44. The number of thiazole rings is 1. The summed E-state index contributed by atoms with van der Waals surface area (Å²) in [6, 6.07) is 11.2. The van der Waals surface area contributed by atoms with Gasteiger partial charge < -0.3 is 10.2 Å². The van der Waals surface area contributed by atoms with E-state index in [0.29, 0.717) is 12.1 Å². The van der Waals surface area contributed by atoms with Gasteiger partial charge in [-0.05, 0) is 36.8 Å². The van der Waals surface area contributed by atoms with Crippen molar-refractivity contribution in [2.24, 2.45) is 0 Å². The van der Waals surface area contributed by atoms with Crippen molar-refractivity contribution < 1.29 is 17.6 Å². The summed E-state index contributed by atoms with van der Waals surface area (Å²) in [6.07, 6.45) is 2.55. The van der Waals surface area contributed by atoms with Gasteiger partial charge in [-0.3, -0.25) is 9.52 Å². The van der Waals surface area contributed by atoms with E-state index in [0.717, 1.165) is 24.2 Å². The predicted octanol–water partition coefficient (Wildman–Crippen LogP) is 3.09. The molecule has 2 heterocycles. The van der Waals surface area contributed by atoms with Gasteiger partial charge in [0.25, 0.3) is 15.9 Å². The minimum atomic E-state index is -4.11. The SMILES string of the molecule is O=C(N[C@@H]1CCN(c2nccs2)C1)c1cccc(NS(=O)(=O)c2ccccc2F)c1. The van der Waals surface area contributed by atoms with E-state index in [1.54, 1.807) is 29.7 Å². The number of halogens is 1. The zero-order chi connectivity index (χ0) is 21.1. The molecule has 30 heavy (non-hydrogen) atoms. The fourth-order valence-electron chi connectivity index (χ4n) is 3.29. The van der Waals surface area contributed by atoms with Crippen LogP contribution in [0.3, 0.4) is 0 Å². The average Bonchev–Trinajstić information content (AvgIpc) is 3.40. The van der Waals surface area contributed by atoms with Crippen LogP contribution in [0.25, 0.3) is 0 Å². The van der Waals surface area contributed by atoms with Crippen LogP contribution in [-0.4, -0.2) is 38.4 Å². The second-order valence-corrected chi connectivity index (χ2v) is 9.36. The summed E-state index contributed by atoms with van der Waals surface area (Å²) in [5, 5.41) is 5.82. The Morgan fingerprint density at radius 3 is 2.80 bits per heavy atom. The van der Waals surface area contributed by atoms with Gasteiger partial charge in [0.1, 0.15) is 10.7 Å². The third-order valence-electron chi connectivity index (χ3n) is 4.72. The molecule has 1 fully saturated rings. The summed E-state index contributed by atoms with van der Waals surface area (Å²) in [6.45, 7) is 1.47.